The van der Waals surface area contributed by atoms with Crippen LogP contribution < -0.4 is 10.9 Å². The van der Waals surface area contributed by atoms with E-state index in [1.54, 1.807) is 47.7 Å². The molecule has 1 aromatic carbocycles. The van der Waals surface area contributed by atoms with Crippen molar-refractivity contribution in [2.45, 2.75) is 45.3 Å². The van der Waals surface area contributed by atoms with Gasteiger partial charge in [-0.25, -0.2) is 23.5 Å². The van der Waals surface area contributed by atoms with Crippen molar-refractivity contribution in [3.8, 4) is 5.82 Å². The van der Waals surface area contributed by atoms with E-state index in [4.69, 9.17) is 4.98 Å². The van der Waals surface area contributed by atoms with E-state index in [1.165, 1.54) is 34.2 Å². The first kappa shape index (κ1) is 25.4. The van der Waals surface area contributed by atoms with Gasteiger partial charge in [-0.3, -0.25) is 9.69 Å². The number of hydrogen-bond acceptors (Lipinski definition) is 8. The number of hydrogen-bond donors (Lipinski definition) is 1. The second-order valence-corrected chi connectivity index (χ2v) is 13.1. The Balaban J connectivity index is 1.42. The molecule has 2 aliphatic rings. The summed E-state index contributed by atoms with van der Waals surface area (Å²) in [6.07, 6.45) is 9.97. The van der Waals surface area contributed by atoms with Crippen LogP contribution in [-0.2, 0) is 29.2 Å². The molecule has 0 unspecified atom stereocenters. The molecule has 0 amide bonds. The Labute approximate surface area is 227 Å². The fraction of sp³-hybridized carbons (Fsp3) is 0.357. The molecule has 1 aliphatic carbocycles. The Bertz CT molecular complexity index is 1790. The van der Waals surface area contributed by atoms with E-state index in [1.807, 2.05) is 0 Å². The van der Waals surface area contributed by atoms with E-state index in [0.717, 1.165) is 31.2 Å². The highest BCUT2D eigenvalue weighted by Gasteiger charge is 2.31. The van der Waals surface area contributed by atoms with Gasteiger partial charge in [0.25, 0.3) is 5.56 Å². The van der Waals surface area contributed by atoms with Crippen LogP contribution in [0.1, 0.15) is 29.5 Å². The van der Waals surface area contributed by atoms with E-state index >= 15 is 0 Å². The summed E-state index contributed by atoms with van der Waals surface area (Å²) in [6, 6.07) is 10.3. The predicted octanol–water partition coefficient (Wildman–Crippen LogP) is 4.09. The molecule has 10 nitrogen and oxygen atoms in total. The smallest absolute Gasteiger partial charge is 0.278 e. The van der Waals surface area contributed by atoms with Gasteiger partial charge in [0.1, 0.15) is 5.39 Å². The molecule has 11 heteroatoms. The summed E-state index contributed by atoms with van der Waals surface area (Å²) < 4.78 is 19.6. The average Bonchev–Trinajstić information content (AvgIpc) is 3.69. The molecule has 202 valence electrons. The number of aryl methyl sites for hydroxylation is 1. The number of allylic oxidation sites excluding steroid dienone is 1. The summed E-state index contributed by atoms with van der Waals surface area (Å²) in [6.45, 7) is 8.30. The van der Waals surface area contributed by atoms with Crippen molar-refractivity contribution in [2.24, 2.45) is 4.36 Å². The first-order valence-corrected chi connectivity index (χ1v) is 15.4. The van der Waals surface area contributed by atoms with Crippen molar-refractivity contribution < 1.29 is 4.21 Å². The lowest BCUT2D eigenvalue weighted by atomic mass is 9.94. The number of aromatic nitrogens is 5. The molecule has 0 saturated heterocycles. The van der Waals surface area contributed by atoms with Crippen molar-refractivity contribution in [1.82, 2.24) is 29.2 Å². The second kappa shape index (κ2) is 9.73. The third-order valence-electron chi connectivity index (χ3n) is 7.13. The number of pyridine rings is 1. The molecule has 3 aromatic heterocycles. The van der Waals surface area contributed by atoms with Gasteiger partial charge in [0.2, 0.25) is 5.95 Å². The van der Waals surface area contributed by atoms with Gasteiger partial charge < -0.3 is 5.32 Å². The van der Waals surface area contributed by atoms with Crippen molar-refractivity contribution >= 4 is 38.2 Å². The third kappa shape index (κ3) is 5.11. The lowest BCUT2D eigenvalue weighted by Gasteiger charge is -2.30. The van der Waals surface area contributed by atoms with Crippen LogP contribution in [0.15, 0.2) is 58.3 Å². The standard InChI is InChI=1S/C28H32N8O2S/c1-5-12-35-27(37)23-16-29-28(32-26(23)36(35)25-8-6-7-24(31-25)33-39(3,4)38)30-20-14-18(2)22-11-13-34(21-9-10-21)17-19(22)15-20/h5-8,14-16,21H,1,9-13,17H2,2-4H3,(H,29,30,32). The second-order valence-electron chi connectivity index (χ2n) is 10.6. The fourth-order valence-electron chi connectivity index (χ4n) is 5.31. The van der Waals surface area contributed by atoms with Gasteiger partial charge in [-0.2, -0.15) is 9.35 Å². The number of benzene rings is 1. The first-order chi connectivity index (χ1) is 18.7. The predicted molar refractivity (Wildman–Crippen MR) is 155 cm³/mol. The Morgan fingerprint density at radius 1 is 1.23 bits per heavy atom. The minimum Gasteiger partial charge on any atom is -0.324 e. The lowest BCUT2D eigenvalue weighted by Crippen LogP contribution is -2.32. The molecule has 4 aromatic rings. The largest absolute Gasteiger partial charge is 0.324 e. The van der Waals surface area contributed by atoms with Crippen molar-refractivity contribution in [3.63, 3.8) is 0 Å². The van der Waals surface area contributed by atoms with E-state index in [0.29, 0.717) is 28.6 Å². The number of nitrogens with zero attached hydrogens (tertiary/aromatic N) is 7. The van der Waals surface area contributed by atoms with Gasteiger partial charge >= 0.3 is 0 Å². The molecular weight excluding hydrogens is 512 g/mol. The van der Waals surface area contributed by atoms with Gasteiger partial charge in [0, 0.05) is 53.3 Å². The molecule has 1 saturated carbocycles. The van der Waals surface area contributed by atoms with Crippen LogP contribution in [0, 0.1) is 6.92 Å². The molecule has 39 heavy (non-hydrogen) atoms. The average molecular weight is 545 g/mol. The van der Waals surface area contributed by atoms with Crippen molar-refractivity contribution in [2.75, 3.05) is 24.4 Å². The number of nitrogens with one attached hydrogen (secondary N) is 1. The molecule has 0 atom stereocenters. The van der Waals surface area contributed by atoms with Gasteiger partial charge in [0.15, 0.2) is 17.3 Å². The van der Waals surface area contributed by atoms with Gasteiger partial charge in [-0.05, 0) is 67.1 Å². The zero-order valence-electron chi connectivity index (χ0n) is 22.4. The molecule has 1 fully saturated rings. The molecule has 6 rings (SSSR count). The first-order valence-electron chi connectivity index (χ1n) is 13.1. The Kier molecular flexibility index (Phi) is 6.35. The van der Waals surface area contributed by atoms with Crippen LogP contribution in [0.5, 0.6) is 0 Å². The quantitative estimate of drug-likeness (QED) is 0.349. The lowest BCUT2D eigenvalue weighted by molar-refractivity contribution is 0.243. The molecule has 0 radical (unpaired) electrons. The third-order valence-corrected chi connectivity index (χ3v) is 7.76. The van der Waals surface area contributed by atoms with Gasteiger partial charge in [-0.1, -0.05) is 12.1 Å². The van der Waals surface area contributed by atoms with Crippen LogP contribution in [0.2, 0.25) is 0 Å². The Hall–Kier alpha value is -3.83. The highest BCUT2D eigenvalue weighted by atomic mass is 32.2. The normalized spacial score (nSPS) is 15.8. The SMILES string of the molecule is C=CCn1c(=O)c2cnc(Nc3cc(C)c4c(c3)CN(C3CC3)CC4)nc2n1-c1cccc(N=S(C)(C)=O)n1. The number of fused-ring (bicyclic) bond motifs is 2. The zero-order valence-corrected chi connectivity index (χ0v) is 23.2. The summed E-state index contributed by atoms with van der Waals surface area (Å²) in [4.78, 5) is 29.7. The minimum atomic E-state index is -2.41. The van der Waals surface area contributed by atoms with Crippen LogP contribution in [0.25, 0.3) is 16.9 Å². The molecular formula is C28H32N8O2S. The highest BCUT2D eigenvalue weighted by Crippen LogP contribution is 2.34. The highest BCUT2D eigenvalue weighted by molar-refractivity contribution is 7.92. The maximum atomic E-state index is 13.3. The van der Waals surface area contributed by atoms with E-state index < -0.39 is 9.73 Å². The van der Waals surface area contributed by atoms with Crippen LogP contribution in [0.3, 0.4) is 0 Å². The molecule has 1 N–H and O–H groups in total. The van der Waals surface area contributed by atoms with Crippen molar-refractivity contribution in [3.05, 3.63) is 76.2 Å². The van der Waals surface area contributed by atoms with Crippen LogP contribution in [-0.4, -0.2) is 58.5 Å². The Morgan fingerprint density at radius 2 is 2.05 bits per heavy atom. The molecule has 4 heterocycles. The summed E-state index contributed by atoms with van der Waals surface area (Å²) in [5.41, 5.74) is 5.12. The van der Waals surface area contributed by atoms with Crippen molar-refractivity contribution in [1.29, 1.82) is 0 Å². The van der Waals surface area contributed by atoms with E-state index in [9.17, 15) is 9.00 Å². The monoisotopic (exact) mass is 544 g/mol. The summed E-state index contributed by atoms with van der Waals surface area (Å²) in [7, 11) is -2.41. The zero-order chi connectivity index (χ0) is 27.3. The fourth-order valence-corrected chi connectivity index (χ4v) is 5.86. The summed E-state index contributed by atoms with van der Waals surface area (Å²) >= 11 is 0. The number of rotatable bonds is 7. The van der Waals surface area contributed by atoms with Crippen LogP contribution in [0.4, 0.5) is 17.5 Å². The minimum absolute atomic E-state index is 0.250. The van der Waals surface area contributed by atoms with E-state index in [2.05, 4.69) is 50.2 Å². The van der Waals surface area contributed by atoms with E-state index in [-0.39, 0.29) is 12.1 Å². The maximum Gasteiger partial charge on any atom is 0.278 e. The number of anilines is 2. The van der Waals surface area contributed by atoms with Gasteiger partial charge in [0.05, 0.1) is 6.54 Å². The van der Waals surface area contributed by atoms with Crippen LogP contribution >= 0.6 is 0 Å². The molecule has 0 bridgehead atoms. The molecule has 0 spiro atoms. The summed E-state index contributed by atoms with van der Waals surface area (Å²) in [5.74, 6) is 1.13. The Morgan fingerprint density at radius 3 is 2.79 bits per heavy atom. The topological polar surface area (TPSA) is 110 Å². The molecule has 1 aliphatic heterocycles. The van der Waals surface area contributed by atoms with Gasteiger partial charge in [-0.15, -0.1) is 6.58 Å². The summed E-state index contributed by atoms with van der Waals surface area (Å²) in [5, 5.41) is 3.73. The maximum absolute atomic E-state index is 13.3.